The van der Waals surface area contributed by atoms with Crippen molar-refractivity contribution >= 4 is 5.78 Å². The number of carbonyl (C=O) groups is 1. The Bertz CT molecular complexity index is 208. The standard InChI is InChI=1S/C10H15NO/c12-10-6-7-11(8-10)9-4-2-1-3-5-9/h1-2,9H,3-8H2. The molecule has 0 aromatic carbocycles. The van der Waals surface area contributed by atoms with Crippen LogP contribution < -0.4 is 0 Å². The number of carbonyl (C=O) groups excluding carboxylic acids is 1. The molecular formula is C10H15NO. The van der Waals surface area contributed by atoms with Gasteiger partial charge in [-0.25, -0.2) is 0 Å². The van der Waals surface area contributed by atoms with Gasteiger partial charge < -0.3 is 0 Å². The van der Waals surface area contributed by atoms with Crippen LogP contribution in [0.1, 0.15) is 25.7 Å². The Labute approximate surface area is 73.2 Å². The van der Waals surface area contributed by atoms with E-state index in [2.05, 4.69) is 17.1 Å². The number of Topliss-reactive ketones (excluding diaryl/α,β-unsaturated/α-hetero) is 1. The van der Waals surface area contributed by atoms with Gasteiger partial charge in [-0.2, -0.15) is 0 Å². The van der Waals surface area contributed by atoms with Gasteiger partial charge in [0, 0.05) is 19.0 Å². The molecule has 1 aliphatic heterocycles. The maximum atomic E-state index is 11.0. The minimum absolute atomic E-state index is 0.421. The third-order valence-electron chi connectivity index (χ3n) is 2.82. The average molecular weight is 165 g/mol. The first-order valence-electron chi connectivity index (χ1n) is 4.77. The van der Waals surface area contributed by atoms with E-state index in [1.165, 1.54) is 12.8 Å². The van der Waals surface area contributed by atoms with E-state index in [1.807, 2.05) is 0 Å². The van der Waals surface area contributed by atoms with Crippen molar-refractivity contribution in [3.63, 3.8) is 0 Å². The summed E-state index contributed by atoms with van der Waals surface area (Å²) in [6.45, 7) is 1.70. The van der Waals surface area contributed by atoms with Crippen molar-refractivity contribution < 1.29 is 4.79 Å². The van der Waals surface area contributed by atoms with E-state index < -0.39 is 0 Å². The van der Waals surface area contributed by atoms with Gasteiger partial charge in [-0.05, 0) is 19.3 Å². The second-order valence-corrected chi connectivity index (χ2v) is 3.70. The highest BCUT2D eigenvalue weighted by Gasteiger charge is 2.25. The van der Waals surface area contributed by atoms with Crippen LogP contribution in [0.3, 0.4) is 0 Å². The number of hydrogen-bond donors (Lipinski definition) is 0. The summed E-state index contributed by atoms with van der Waals surface area (Å²) in [6, 6.07) is 0.654. The Morgan fingerprint density at radius 3 is 2.92 bits per heavy atom. The number of rotatable bonds is 1. The molecule has 2 aliphatic rings. The summed E-state index contributed by atoms with van der Waals surface area (Å²) in [7, 11) is 0. The summed E-state index contributed by atoms with van der Waals surface area (Å²) in [6.07, 6.45) is 8.85. The predicted octanol–water partition coefficient (Wildman–Crippen LogP) is 1.37. The molecule has 2 heteroatoms. The maximum absolute atomic E-state index is 11.0. The van der Waals surface area contributed by atoms with Crippen LogP contribution in [0.4, 0.5) is 0 Å². The van der Waals surface area contributed by atoms with Crippen LogP contribution in [0.25, 0.3) is 0 Å². The third-order valence-corrected chi connectivity index (χ3v) is 2.82. The first kappa shape index (κ1) is 7.99. The number of ketones is 1. The van der Waals surface area contributed by atoms with Gasteiger partial charge in [0.15, 0.2) is 0 Å². The molecule has 1 saturated heterocycles. The van der Waals surface area contributed by atoms with Gasteiger partial charge in [-0.15, -0.1) is 0 Å². The first-order valence-corrected chi connectivity index (χ1v) is 4.77. The van der Waals surface area contributed by atoms with E-state index in [-0.39, 0.29) is 0 Å². The van der Waals surface area contributed by atoms with Gasteiger partial charge in [0.05, 0.1) is 6.54 Å². The molecule has 0 bridgehead atoms. The zero-order valence-electron chi connectivity index (χ0n) is 7.33. The van der Waals surface area contributed by atoms with E-state index >= 15 is 0 Å². The van der Waals surface area contributed by atoms with E-state index in [4.69, 9.17) is 0 Å². The molecule has 1 atom stereocenters. The number of hydrogen-bond acceptors (Lipinski definition) is 2. The number of nitrogens with zero attached hydrogens (tertiary/aromatic N) is 1. The second kappa shape index (κ2) is 3.40. The van der Waals surface area contributed by atoms with Crippen LogP contribution in [-0.2, 0) is 4.79 Å². The molecule has 0 aromatic heterocycles. The molecular weight excluding hydrogens is 150 g/mol. The zero-order valence-corrected chi connectivity index (χ0v) is 7.33. The Morgan fingerprint density at radius 1 is 1.42 bits per heavy atom. The van der Waals surface area contributed by atoms with Gasteiger partial charge in [-0.3, -0.25) is 9.69 Å². The fourth-order valence-corrected chi connectivity index (χ4v) is 2.07. The zero-order chi connectivity index (χ0) is 8.39. The number of allylic oxidation sites excluding steroid dienone is 1. The van der Waals surface area contributed by atoms with Crippen LogP contribution >= 0.6 is 0 Å². The van der Waals surface area contributed by atoms with Gasteiger partial charge >= 0.3 is 0 Å². The molecule has 0 amide bonds. The smallest absolute Gasteiger partial charge is 0.148 e. The summed E-state index contributed by atoms with van der Waals surface area (Å²) >= 11 is 0. The molecule has 1 aliphatic carbocycles. The summed E-state index contributed by atoms with van der Waals surface area (Å²) in [5, 5.41) is 0. The predicted molar refractivity (Wildman–Crippen MR) is 48.0 cm³/mol. The van der Waals surface area contributed by atoms with Crippen molar-refractivity contribution in [1.29, 1.82) is 0 Å². The molecule has 1 fully saturated rings. The highest BCUT2D eigenvalue weighted by Crippen LogP contribution is 2.20. The van der Waals surface area contributed by atoms with E-state index in [0.29, 0.717) is 18.4 Å². The summed E-state index contributed by atoms with van der Waals surface area (Å²) in [5.41, 5.74) is 0. The highest BCUT2D eigenvalue weighted by atomic mass is 16.1. The van der Waals surface area contributed by atoms with E-state index in [9.17, 15) is 4.79 Å². The Morgan fingerprint density at radius 2 is 2.33 bits per heavy atom. The lowest BCUT2D eigenvalue weighted by Crippen LogP contribution is -2.33. The molecule has 0 spiro atoms. The highest BCUT2D eigenvalue weighted by molar-refractivity contribution is 5.82. The Kier molecular flexibility index (Phi) is 2.26. The average Bonchev–Trinajstić information content (AvgIpc) is 2.54. The van der Waals surface area contributed by atoms with Crippen LogP contribution in [0, 0.1) is 0 Å². The van der Waals surface area contributed by atoms with Crippen LogP contribution in [0.5, 0.6) is 0 Å². The van der Waals surface area contributed by atoms with Crippen molar-refractivity contribution in [1.82, 2.24) is 4.90 Å². The normalized spacial score (nSPS) is 31.3. The van der Waals surface area contributed by atoms with Crippen LogP contribution in [0.15, 0.2) is 12.2 Å². The monoisotopic (exact) mass is 165 g/mol. The molecule has 0 saturated carbocycles. The maximum Gasteiger partial charge on any atom is 0.148 e. The Hall–Kier alpha value is -0.630. The SMILES string of the molecule is O=C1CCN(C2CC=CCC2)C1. The molecule has 0 aromatic rings. The van der Waals surface area contributed by atoms with E-state index in [1.54, 1.807) is 0 Å². The van der Waals surface area contributed by atoms with Gasteiger partial charge in [0.2, 0.25) is 0 Å². The summed E-state index contributed by atoms with van der Waals surface area (Å²) in [4.78, 5) is 13.4. The fraction of sp³-hybridized carbons (Fsp3) is 0.700. The topological polar surface area (TPSA) is 20.3 Å². The van der Waals surface area contributed by atoms with Gasteiger partial charge in [0.25, 0.3) is 0 Å². The quantitative estimate of drug-likeness (QED) is 0.547. The molecule has 2 rings (SSSR count). The van der Waals surface area contributed by atoms with Gasteiger partial charge in [0.1, 0.15) is 5.78 Å². The van der Waals surface area contributed by atoms with Crippen molar-refractivity contribution in [3.05, 3.63) is 12.2 Å². The minimum atomic E-state index is 0.421. The van der Waals surface area contributed by atoms with Crippen LogP contribution in [0.2, 0.25) is 0 Å². The largest absolute Gasteiger partial charge is 0.298 e. The molecule has 1 unspecified atom stereocenters. The lowest BCUT2D eigenvalue weighted by atomic mass is 10.0. The van der Waals surface area contributed by atoms with Crippen molar-refractivity contribution in [2.45, 2.75) is 31.7 Å². The minimum Gasteiger partial charge on any atom is -0.298 e. The molecule has 0 radical (unpaired) electrons. The molecule has 66 valence electrons. The third kappa shape index (κ3) is 1.58. The van der Waals surface area contributed by atoms with Crippen molar-refractivity contribution in [2.24, 2.45) is 0 Å². The lowest BCUT2D eigenvalue weighted by molar-refractivity contribution is -0.117. The van der Waals surface area contributed by atoms with Gasteiger partial charge in [-0.1, -0.05) is 12.2 Å². The molecule has 1 heterocycles. The summed E-state index contributed by atoms with van der Waals surface area (Å²) < 4.78 is 0. The van der Waals surface area contributed by atoms with E-state index in [0.717, 1.165) is 19.4 Å². The summed E-state index contributed by atoms with van der Waals surface area (Å²) in [5.74, 6) is 0.421. The fourth-order valence-electron chi connectivity index (χ4n) is 2.07. The van der Waals surface area contributed by atoms with Crippen molar-refractivity contribution in [3.8, 4) is 0 Å². The second-order valence-electron chi connectivity index (χ2n) is 3.70. The molecule has 0 N–H and O–H groups in total. The van der Waals surface area contributed by atoms with Crippen LogP contribution in [-0.4, -0.2) is 29.8 Å². The van der Waals surface area contributed by atoms with Crippen molar-refractivity contribution in [2.75, 3.05) is 13.1 Å². The molecule has 12 heavy (non-hydrogen) atoms. The lowest BCUT2D eigenvalue weighted by Gasteiger charge is -2.27. The molecule has 2 nitrogen and oxygen atoms in total. The Balaban J connectivity index is 1.92. The number of likely N-dealkylation sites (tertiary alicyclic amines) is 1. The first-order chi connectivity index (χ1) is 5.86.